The lowest BCUT2D eigenvalue weighted by Gasteiger charge is -2.14. The molecule has 1 unspecified atom stereocenters. The zero-order valence-corrected chi connectivity index (χ0v) is 22.3. The molecule has 3 aromatic carbocycles. The van der Waals surface area contributed by atoms with Gasteiger partial charge in [0, 0.05) is 31.6 Å². The summed E-state index contributed by atoms with van der Waals surface area (Å²) in [5.74, 6) is 0.920. The van der Waals surface area contributed by atoms with Crippen LogP contribution in [0.2, 0.25) is 0 Å². The maximum Gasteiger partial charge on any atom is 0.305 e. The number of para-hydroxylation sites is 1. The van der Waals surface area contributed by atoms with Crippen LogP contribution in [-0.4, -0.2) is 35.1 Å². The maximum atomic E-state index is 11.7. The van der Waals surface area contributed by atoms with Gasteiger partial charge in [-0.3, -0.25) is 10.1 Å². The number of aliphatic hydroxyl groups excluding tert-OH is 1. The summed E-state index contributed by atoms with van der Waals surface area (Å²) >= 11 is 1.04. The zero-order chi connectivity index (χ0) is 23.9. The molecule has 1 atom stereocenters. The second kappa shape index (κ2) is 14.2. The maximum absolute atomic E-state index is 11.7. The molecule has 10 heteroatoms. The van der Waals surface area contributed by atoms with Crippen LogP contribution in [0.5, 0.6) is 11.5 Å². The highest BCUT2D eigenvalue weighted by molar-refractivity contribution is 7.16. The summed E-state index contributed by atoms with van der Waals surface area (Å²) in [7, 11) is 1.68. The van der Waals surface area contributed by atoms with Gasteiger partial charge < -0.3 is 25.3 Å². The van der Waals surface area contributed by atoms with E-state index in [1.807, 2.05) is 24.3 Å². The standard InChI is InChI=1S/C26H29N3O4S.2ClH/c1-33-22-8-3-2-7-20(22)16-27-15-18-6-4-5-17(13-18)11-12-28-23(31)14-19-9-10-21(30)24-25(19)34-26(32)29-24;;/h2-10,13,23,27-28,30-31H,11-12,14-16H2,1H3,(H,29,32);2*1H. The number of phenols is 1. The molecule has 0 radical (unpaired) electrons. The Bertz CT molecular complexity index is 1310. The first-order chi connectivity index (χ1) is 16.5. The Morgan fingerprint density at radius 1 is 1.00 bits per heavy atom. The van der Waals surface area contributed by atoms with E-state index in [9.17, 15) is 15.0 Å². The lowest BCUT2D eigenvalue weighted by atomic mass is 10.1. The fraction of sp³-hybridized carbons (Fsp3) is 0.269. The van der Waals surface area contributed by atoms with Crippen molar-refractivity contribution in [3.05, 3.63) is 92.6 Å². The normalized spacial score (nSPS) is 11.5. The number of H-pyrrole nitrogens is 1. The molecule has 36 heavy (non-hydrogen) atoms. The van der Waals surface area contributed by atoms with E-state index in [4.69, 9.17) is 4.74 Å². The molecule has 0 amide bonds. The molecule has 0 saturated carbocycles. The number of rotatable bonds is 11. The van der Waals surface area contributed by atoms with Crippen LogP contribution < -0.4 is 20.2 Å². The van der Waals surface area contributed by atoms with Gasteiger partial charge in [0.2, 0.25) is 0 Å². The van der Waals surface area contributed by atoms with Gasteiger partial charge in [0.1, 0.15) is 23.2 Å². The first kappa shape index (κ1) is 29.6. The Kier molecular flexibility index (Phi) is 11.7. The highest BCUT2D eigenvalue weighted by Gasteiger charge is 2.13. The first-order valence-electron chi connectivity index (χ1n) is 11.2. The highest BCUT2D eigenvalue weighted by atomic mass is 35.5. The Morgan fingerprint density at radius 3 is 2.58 bits per heavy atom. The number of aromatic amines is 1. The van der Waals surface area contributed by atoms with Crippen molar-refractivity contribution >= 4 is 46.4 Å². The molecule has 0 spiro atoms. The number of phenolic OH excluding ortho intramolecular Hbond substituents is 1. The van der Waals surface area contributed by atoms with Crippen molar-refractivity contribution in [1.82, 2.24) is 15.6 Å². The van der Waals surface area contributed by atoms with Gasteiger partial charge in [-0.05, 0) is 35.2 Å². The van der Waals surface area contributed by atoms with Crippen molar-refractivity contribution in [2.45, 2.75) is 32.2 Å². The van der Waals surface area contributed by atoms with E-state index in [0.29, 0.717) is 23.2 Å². The van der Waals surface area contributed by atoms with Gasteiger partial charge >= 0.3 is 4.87 Å². The van der Waals surface area contributed by atoms with Crippen molar-refractivity contribution in [3.8, 4) is 11.5 Å². The fourth-order valence-corrected chi connectivity index (χ4v) is 4.86. The molecule has 0 saturated heterocycles. The number of fused-ring (bicyclic) bond motifs is 1. The summed E-state index contributed by atoms with van der Waals surface area (Å²) in [6.07, 6.45) is 0.368. The molecule has 1 heterocycles. The molecule has 0 aliphatic heterocycles. The lowest BCUT2D eigenvalue weighted by Crippen LogP contribution is -2.32. The largest absolute Gasteiger partial charge is 0.506 e. The smallest absolute Gasteiger partial charge is 0.305 e. The van der Waals surface area contributed by atoms with Crippen LogP contribution in [-0.2, 0) is 25.9 Å². The predicted molar refractivity (Wildman–Crippen MR) is 150 cm³/mol. The third-order valence-electron chi connectivity index (χ3n) is 5.67. The van der Waals surface area contributed by atoms with E-state index in [0.717, 1.165) is 47.7 Å². The van der Waals surface area contributed by atoms with Crippen LogP contribution in [0.1, 0.15) is 22.3 Å². The molecular formula is C26H31Cl2N3O4S. The molecule has 0 bridgehead atoms. The van der Waals surface area contributed by atoms with E-state index in [-0.39, 0.29) is 35.4 Å². The quantitative estimate of drug-likeness (QED) is 0.179. The van der Waals surface area contributed by atoms with Gasteiger partial charge in [0.05, 0.1) is 11.8 Å². The minimum Gasteiger partial charge on any atom is -0.506 e. The third kappa shape index (κ3) is 7.70. The molecule has 7 nitrogen and oxygen atoms in total. The number of hydrogen-bond acceptors (Lipinski definition) is 7. The number of halogens is 2. The Morgan fingerprint density at radius 2 is 1.78 bits per heavy atom. The SMILES string of the molecule is COc1ccccc1CNCc1cccc(CCNC(O)Cc2ccc(O)c3[nH]c(=O)sc23)c1.Cl.Cl. The van der Waals surface area contributed by atoms with Crippen LogP contribution >= 0.6 is 36.2 Å². The average molecular weight is 553 g/mol. The summed E-state index contributed by atoms with van der Waals surface area (Å²) in [4.78, 5) is 14.1. The van der Waals surface area contributed by atoms with E-state index in [1.54, 1.807) is 19.2 Å². The average Bonchev–Trinajstić information content (AvgIpc) is 3.24. The van der Waals surface area contributed by atoms with Crippen LogP contribution in [0.25, 0.3) is 10.2 Å². The summed E-state index contributed by atoms with van der Waals surface area (Å²) in [6, 6.07) is 19.7. The number of ether oxygens (including phenoxy) is 1. The van der Waals surface area contributed by atoms with E-state index >= 15 is 0 Å². The molecule has 4 rings (SSSR count). The van der Waals surface area contributed by atoms with Gasteiger partial charge in [-0.15, -0.1) is 24.8 Å². The Labute approximate surface area is 226 Å². The fourth-order valence-electron chi connectivity index (χ4n) is 3.98. The monoisotopic (exact) mass is 551 g/mol. The van der Waals surface area contributed by atoms with Crippen molar-refractivity contribution in [1.29, 1.82) is 0 Å². The predicted octanol–water partition coefficient (Wildman–Crippen LogP) is 4.13. The summed E-state index contributed by atoms with van der Waals surface area (Å²) in [6.45, 7) is 2.09. The molecule has 4 aromatic rings. The number of nitrogens with one attached hydrogen (secondary N) is 3. The summed E-state index contributed by atoms with van der Waals surface area (Å²) < 4.78 is 6.08. The number of benzene rings is 3. The van der Waals surface area contributed by atoms with Crippen molar-refractivity contribution < 1.29 is 14.9 Å². The van der Waals surface area contributed by atoms with Crippen LogP contribution in [0, 0.1) is 0 Å². The number of thiazole rings is 1. The van der Waals surface area contributed by atoms with Gasteiger partial charge in [-0.1, -0.05) is 59.9 Å². The topological polar surface area (TPSA) is 107 Å². The highest BCUT2D eigenvalue weighted by Crippen LogP contribution is 2.28. The van der Waals surface area contributed by atoms with E-state index in [2.05, 4.69) is 39.9 Å². The third-order valence-corrected chi connectivity index (χ3v) is 6.63. The van der Waals surface area contributed by atoms with Crippen LogP contribution in [0.4, 0.5) is 0 Å². The lowest BCUT2D eigenvalue weighted by molar-refractivity contribution is 0.138. The number of aromatic nitrogens is 1. The zero-order valence-electron chi connectivity index (χ0n) is 19.8. The minimum absolute atomic E-state index is 0. The molecule has 194 valence electrons. The number of hydrogen-bond donors (Lipinski definition) is 5. The van der Waals surface area contributed by atoms with Crippen LogP contribution in [0.3, 0.4) is 0 Å². The van der Waals surface area contributed by atoms with Crippen LogP contribution in [0.15, 0.2) is 65.5 Å². The van der Waals surface area contributed by atoms with Crippen molar-refractivity contribution in [2.75, 3.05) is 13.7 Å². The molecule has 0 aliphatic rings. The molecule has 0 fully saturated rings. The molecule has 0 aliphatic carbocycles. The molecular weight excluding hydrogens is 521 g/mol. The van der Waals surface area contributed by atoms with E-state index in [1.165, 1.54) is 11.1 Å². The molecule has 5 N–H and O–H groups in total. The Hall–Kier alpha value is -2.59. The minimum atomic E-state index is -0.754. The first-order valence-corrected chi connectivity index (χ1v) is 12.0. The second-order valence-electron chi connectivity index (χ2n) is 8.12. The summed E-state index contributed by atoms with van der Waals surface area (Å²) in [5, 5.41) is 27.0. The number of aromatic hydroxyl groups is 1. The van der Waals surface area contributed by atoms with Gasteiger partial charge in [-0.2, -0.15) is 0 Å². The van der Waals surface area contributed by atoms with Gasteiger partial charge in [0.25, 0.3) is 0 Å². The second-order valence-corrected chi connectivity index (χ2v) is 9.11. The van der Waals surface area contributed by atoms with Crippen molar-refractivity contribution in [3.63, 3.8) is 0 Å². The van der Waals surface area contributed by atoms with Gasteiger partial charge in [-0.25, -0.2) is 0 Å². The summed E-state index contributed by atoms with van der Waals surface area (Å²) in [5.41, 5.74) is 4.75. The number of methoxy groups -OCH3 is 1. The van der Waals surface area contributed by atoms with Crippen molar-refractivity contribution in [2.24, 2.45) is 0 Å². The Balaban J connectivity index is 0.00000228. The molecule has 1 aromatic heterocycles. The van der Waals surface area contributed by atoms with Gasteiger partial charge in [0.15, 0.2) is 0 Å². The van der Waals surface area contributed by atoms with E-state index < -0.39 is 6.23 Å². The number of aliphatic hydroxyl groups is 1.